The van der Waals surface area contributed by atoms with Gasteiger partial charge in [0.15, 0.2) is 0 Å². The van der Waals surface area contributed by atoms with E-state index in [2.05, 4.69) is 5.32 Å². The summed E-state index contributed by atoms with van der Waals surface area (Å²) < 4.78 is 18.9. The first kappa shape index (κ1) is 11.6. The fraction of sp³-hybridized carbons (Fsp3) is 0.500. The monoisotopic (exact) mass is 246 g/mol. The predicted molar refractivity (Wildman–Crippen MR) is 64.3 cm³/mol. The molecule has 3 rings (SSSR count). The number of hydrogen-bond donors (Lipinski definition) is 1. The van der Waals surface area contributed by atoms with Gasteiger partial charge in [-0.05, 0) is 37.0 Å². The van der Waals surface area contributed by atoms with E-state index in [0.717, 1.165) is 18.4 Å². The summed E-state index contributed by atoms with van der Waals surface area (Å²) in [5, 5.41) is 12.2. The van der Waals surface area contributed by atoms with E-state index in [1.807, 2.05) is 6.07 Å². The molecule has 18 heavy (non-hydrogen) atoms. The van der Waals surface area contributed by atoms with Gasteiger partial charge in [0.2, 0.25) is 0 Å². The first-order chi connectivity index (χ1) is 8.76. The van der Waals surface area contributed by atoms with Crippen molar-refractivity contribution in [2.24, 2.45) is 0 Å². The van der Waals surface area contributed by atoms with Gasteiger partial charge in [0.1, 0.15) is 11.9 Å². The van der Waals surface area contributed by atoms with Crippen molar-refractivity contribution in [2.45, 2.75) is 44.1 Å². The summed E-state index contributed by atoms with van der Waals surface area (Å²) in [4.78, 5) is 0. The maximum absolute atomic E-state index is 13.2. The van der Waals surface area contributed by atoms with Crippen LogP contribution in [0.1, 0.15) is 30.4 Å². The fourth-order valence-electron chi connectivity index (χ4n) is 2.87. The highest BCUT2D eigenvalue weighted by Gasteiger charge is 2.40. The number of nitriles is 1. The number of halogens is 1. The molecule has 4 heteroatoms. The summed E-state index contributed by atoms with van der Waals surface area (Å²) in [5.74, 6) is -0.454. The predicted octanol–water partition coefficient (Wildman–Crippen LogP) is 2.11. The molecule has 1 N–H and O–H groups in total. The van der Waals surface area contributed by atoms with Gasteiger partial charge in [0, 0.05) is 12.6 Å². The number of rotatable bonds is 3. The summed E-state index contributed by atoms with van der Waals surface area (Å²) in [5.41, 5.74) is 1.05. The molecule has 2 aliphatic rings. The molecule has 2 bridgehead atoms. The molecule has 2 fully saturated rings. The molecule has 3 atom stereocenters. The molecule has 0 radical (unpaired) electrons. The molecular formula is C14H15FN2O. The molecule has 0 aromatic heterocycles. The van der Waals surface area contributed by atoms with Crippen molar-refractivity contribution >= 4 is 0 Å². The Balaban J connectivity index is 1.62. The zero-order valence-corrected chi connectivity index (χ0v) is 10.0. The van der Waals surface area contributed by atoms with E-state index < -0.39 is 5.82 Å². The first-order valence-electron chi connectivity index (χ1n) is 6.33. The molecular weight excluding hydrogens is 231 g/mol. The van der Waals surface area contributed by atoms with Gasteiger partial charge in [0.05, 0.1) is 17.8 Å². The van der Waals surface area contributed by atoms with E-state index in [0.29, 0.717) is 24.8 Å². The van der Waals surface area contributed by atoms with E-state index in [-0.39, 0.29) is 5.56 Å². The third kappa shape index (κ3) is 2.12. The first-order valence-corrected chi connectivity index (χ1v) is 6.33. The van der Waals surface area contributed by atoms with Crippen molar-refractivity contribution < 1.29 is 9.13 Å². The van der Waals surface area contributed by atoms with Gasteiger partial charge < -0.3 is 10.1 Å². The van der Waals surface area contributed by atoms with E-state index in [1.165, 1.54) is 12.5 Å². The van der Waals surface area contributed by atoms with Crippen molar-refractivity contribution in [1.29, 1.82) is 5.26 Å². The quantitative estimate of drug-likeness (QED) is 0.888. The van der Waals surface area contributed by atoms with Crippen molar-refractivity contribution in [3.63, 3.8) is 0 Å². The Hall–Kier alpha value is -1.44. The summed E-state index contributed by atoms with van der Waals surface area (Å²) in [6, 6.07) is 6.95. The highest BCUT2D eigenvalue weighted by atomic mass is 19.1. The van der Waals surface area contributed by atoms with E-state index in [9.17, 15) is 4.39 Å². The average Bonchev–Trinajstić information content (AvgIpc) is 3.00. The fourth-order valence-corrected chi connectivity index (χ4v) is 2.87. The lowest BCUT2D eigenvalue weighted by atomic mass is 9.95. The van der Waals surface area contributed by atoms with Gasteiger partial charge in [-0.3, -0.25) is 0 Å². The molecule has 3 nitrogen and oxygen atoms in total. The Labute approximate surface area is 106 Å². The minimum absolute atomic E-state index is 0.110. The van der Waals surface area contributed by atoms with Gasteiger partial charge in [-0.2, -0.15) is 5.26 Å². The Morgan fingerprint density at radius 3 is 3.00 bits per heavy atom. The van der Waals surface area contributed by atoms with E-state index in [4.69, 9.17) is 10.00 Å². The standard InChI is InChI=1S/C14H15FN2O/c15-12-3-1-9(5-10(12)7-16)8-17-13-6-11-2-4-14(13)18-11/h1,3,5,11,13-14,17H,2,4,6,8H2. The highest BCUT2D eigenvalue weighted by Crippen LogP contribution is 2.34. The van der Waals surface area contributed by atoms with Gasteiger partial charge in [-0.1, -0.05) is 6.07 Å². The van der Waals surface area contributed by atoms with Crippen molar-refractivity contribution in [3.8, 4) is 6.07 Å². The third-order valence-corrected chi connectivity index (χ3v) is 3.83. The number of nitrogens with one attached hydrogen (secondary N) is 1. The molecule has 0 saturated carbocycles. The topological polar surface area (TPSA) is 45.0 Å². The normalized spacial score (nSPS) is 29.4. The molecule has 1 aromatic rings. The van der Waals surface area contributed by atoms with Crippen LogP contribution in [0.4, 0.5) is 4.39 Å². The van der Waals surface area contributed by atoms with Gasteiger partial charge in [0.25, 0.3) is 0 Å². The van der Waals surface area contributed by atoms with Crippen LogP contribution in [0.3, 0.4) is 0 Å². The summed E-state index contributed by atoms with van der Waals surface area (Å²) in [7, 11) is 0. The van der Waals surface area contributed by atoms with Crippen LogP contribution in [0, 0.1) is 17.1 Å². The molecule has 0 amide bonds. The lowest BCUT2D eigenvalue weighted by Gasteiger charge is -2.20. The second-order valence-corrected chi connectivity index (χ2v) is 5.02. The number of ether oxygens (including phenoxy) is 1. The molecule has 0 spiro atoms. The lowest BCUT2D eigenvalue weighted by molar-refractivity contribution is 0.0973. The largest absolute Gasteiger partial charge is 0.373 e. The lowest BCUT2D eigenvalue weighted by Crippen LogP contribution is -2.36. The molecule has 3 unspecified atom stereocenters. The zero-order valence-electron chi connectivity index (χ0n) is 10.0. The Morgan fingerprint density at radius 2 is 2.33 bits per heavy atom. The van der Waals surface area contributed by atoms with Gasteiger partial charge in [-0.25, -0.2) is 4.39 Å². The number of fused-ring (bicyclic) bond motifs is 2. The molecule has 94 valence electrons. The highest BCUT2D eigenvalue weighted by molar-refractivity contribution is 5.34. The van der Waals surface area contributed by atoms with Crippen LogP contribution < -0.4 is 5.32 Å². The van der Waals surface area contributed by atoms with Crippen LogP contribution in [0.25, 0.3) is 0 Å². The van der Waals surface area contributed by atoms with Gasteiger partial charge >= 0.3 is 0 Å². The van der Waals surface area contributed by atoms with Crippen LogP contribution in [0.5, 0.6) is 0 Å². The summed E-state index contributed by atoms with van der Waals surface area (Å²) in [6.45, 7) is 0.659. The zero-order chi connectivity index (χ0) is 12.5. The van der Waals surface area contributed by atoms with Crippen LogP contribution in [-0.4, -0.2) is 18.2 Å². The van der Waals surface area contributed by atoms with E-state index >= 15 is 0 Å². The van der Waals surface area contributed by atoms with Crippen LogP contribution >= 0.6 is 0 Å². The number of hydrogen-bond acceptors (Lipinski definition) is 3. The van der Waals surface area contributed by atoms with Crippen LogP contribution in [0.15, 0.2) is 18.2 Å². The number of nitrogens with zero attached hydrogens (tertiary/aromatic N) is 1. The SMILES string of the molecule is N#Cc1cc(CNC2CC3CCC2O3)ccc1F. The molecule has 2 saturated heterocycles. The average molecular weight is 246 g/mol. The molecule has 0 aliphatic carbocycles. The Morgan fingerprint density at radius 1 is 1.44 bits per heavy atom. The Bertz CT molecular complexity index is 497. The Kier molecular flexibility index (Phi) is 3.02. The van der Waals surface area contributed by atoms with E-state index in [1.54, 1.807) is 12.1 Å². The third-order valence-electron chi connectivity index (χ3n) is 3.83. The van der Waals surface area contributed by atoms with Crippen molar-refractivity contribution in [2.75, 3.05) is 0 Å². The maximum atomic E-state index is 13.2. The minimum Gasteiger partial charge on any atom is -0.373 e. The van der Waals surface area contributed by atoms with Crippen molar-refractivity contribution in [3.05, 3.63) is 35.1 Å². The second-order valence-electron chi connectivity index (χ2n) is 5.02. The summed E-state index contributed by atoms with van der Waals surface area (Å²) in [6.07, 6.45) is 4.14. The minimum atomic E-state index is -0.454. The number of benzene rings is 1. The van der Waals surface area contributed by atoms with Gasteiger partial charge in [-0.15, -0.1) is 0 Å². The summed E-state index contributed by atoms with van der Waals surface area (Å²) >= 11 is 0. The molecule has 1 aromatic carbocycles. The van der Waals surface area contributed by atoms with Crippen molar-refractivity contribution in [1.82, 2.24) is 5.32 Å². The smallest absolute Gasteiger partial charge is 0.140 e. The van der Waals surface area contributed by atoms with Crippen LogP contribution in [-0.2, 0) is 11.3 Å². The maximum Gasteiger partial charge on any atom is 0.140 e. The molecule has 2 heterocycles. The molecule has 2 aliphatic heterocycles. The second kappa shape index (κ2) is 4.68. The van der Waals surface area contributed by atoms with Crippen LogP contribution in [0.2, 0.25) is 0 Å².